The van der Waals surface area contributed by atoms with E-state index in [-0.39, 0.29) is 17.9 Å². The third-order valence-electron chi connectivity index (χ3n) is 4.90. The molecule has 1 N–H and O–H groups in total. The lowest BCUT2D eigenvalue weighted by atomic mass is 9.91. The molecule has 130 valence electrons. The van der Waals surface area contributed by atoms with Crippen molar-refractivity contribution in [3.63, 3.8) is 0 Å². The fraction of sp³-hybridized carbons (Fsp3) is 0.579. The summed E-state index contributed by atoms with van der Waals surface area (Å²) in [7, 11) is 0. The SMILES string of the molecule is CC(=O)N[C@H]1CCCN(C(=O)CS[C@@H]2CCCc3ccccc32)C1. The van der Waals surface area contributed by atoms with Gasteiger partial charge in [-0.25, -0.2) is 0 Å². The van der Waals surface area contributed by atoms with Crippen molar-refractivity contribution in [3.8, 4) is 0 Å². The van der Waals surface area contributed by atoms with Gasteiger partial charge in [0.2, 0.25) is 11.8 Å². The van der Waals surface area contributed by atoms with E-state index in [0.29, 0.717) is 17.5 Å². The average Bonchev–Trinajstić information content (AvgIpc) is 2.59. The first-order valence-electron chi connectivity index (χ1n) is 8.88. The molecule has 2 atom stereocenters. The summed E-state index contributed by atoms with van der Waals surface area (Å²) in [6.07, 6.45) is 5.45. The van der Waals surface area contributed by atoms with Gasteiger partial charge in [0, 0.05) is 31.3 Å². The Hall–Kier alpha value is -1.49. The summed E-state index contributed by atoms with van der Waals surface area (Å²) < 4.78 is 0. The number of piperidine rings is 1. The van der Waals surface area contributed by atoms with E-state index in [1.54, 1.807) is 11.8 Å². The summed E-state index contributed by atoms with van der Waals surface area (Å²) in [5.74, 6) is 0.729. The molecule has 0 aromatic heterocycles. The molecule has 0 radical (unpaired) electrons. The minimum atomic E-state index is -0.0116. The molecule has 0 saturated carbocycles. The van der Waals surface area contributed by atoms with Gasteiger partial charge in [-0.1, -0.05) is 24.3 Å². The number of hydrogen-bond donors (Lipinski definition) is 1. The van der Waals surface area contributed by atoms with Crippen LogP contribution in [-0.2, 0) is 16.0 Å². The second kappa shape index (κ2) is 8.06. The molecule has 4 nitrogen and oxygen atoms in total. The van der Waals surface area contributed by atoms with Crippen molar-refractivity contribution in [2.24, 2.45) is 0 Å². The summed E-state index contributed by atoms with van der Waals surface area (Å²) in [6, 6.07) is 8.74. The smallest absolute Gasteiger partial charge is 0.232 e. The van der Waals surface area contributed by atoms with Crippen LogP contribution in [-0.4, -0.2) is 41.6 Å². The lowest BCUT2D eigenvalue weighted by molar-refractivity contribution is -0.130. The van der Waals surface area contributed by atoms with Crippen LogP contribution in [0.5, 0.6) is 0 Å². The topological polar surface area (TPSA) is 49.4 Å². The molecule has 5 heteroatoms. The minimum absolute atomic E-state index is 0.0116. The second-order valence-electron chi connectivity index (χ2n) is 6.77. The number of aryl methyl sites for hydroxylation is 1. The first kappa shape index (κ1) is 17.3. The Bertz CT molecular complexity index is 605. The maximum atomic E-state index is 12.6. The Morgan fingerprint density at radius 1 is 1.25 bits per heavy atom. The molecule has 1 aromatic carbocycles. The van der Waals surface area contributed by atoms with Crippen LogP contribution in [0.25, 0.3) is 0 Å². The number of rotatable bonds is 4. The number of nitrogens with zero attached hydrogens (tertiary/aromatic N) is 1. The zero-order valence-electron chi connectivity index (χ0n) is 14.3. The van der Waals surface area contributed by atoms with Crippen molar-refractivity contribution in [2.75, 3.05) is 18.8 Å². The summed E-state index contributed by atoms with van der Waals surface area (Å²) in [4.78, 5) is 25.7. The van der Waals surface area contributed by atoms with E-state index >= 15 is 0 Å². The van der Waals surface area contributed by atoms with Gasteiger partial charge in [-0.3, -0.25) is 9.59 Å². The van der Waals surface area contributed by atoms with Gasteiger partial charge < -0.3 is 10.2 Å². The molecule has 2 aliphatic rings. The Morgan fingerprint density at radius 2 is 2.08 bits per heavy atom. The van der Waals surface area contributed by atoms with Crippen LogP contribution in [0, 0.1) is 0 Å². The van der Waals surface area contributed by atoms with Crippen molar-refractivity contribution < 1.29 is 9.59 Å². The highest BCUT2D eigenvalue weighted by molar-refractivity contribution is 8.00. The van der Waals surface area contributed by atoms with Gasteiger partial charge in [0.15, 0.2) is 0 Å². The fourth-order valence-electron chi connectivity index (χ4n) is 3.75. The normalized spacial score (nSPS) is 23.5. The number of benzene rings is 1. The van der Waals surface area contributed by atoms with E-state index in [0.717, 1.165) is 32.2 Å². The largest absolute Gasteiger partial charge is 0.352 e. The predicted molar refractivity (Wildman–Crippen MR) is 98.0 cm³/mol. The van der Waals surface area contributed by atoms with Crippen molar-refractivity contribution in [1.29, 1.82) is 0 Å². The molecule has 3 rings (SSSR count). The van der Waals surface area contributed by atoms with Crippen LogP contribution in [0.2, 0.25) is 0 Å². The molecule has 0 bridgehead atoms. The van der Waals surface area contributed by atoms with Crippen LogP contribution in [0.3, 0.4) is 0 Å². The molecule has 0 spiro atoms. The molecular weight excluding hydrogens is 320 g/mol. The van der Waals surface area contributed by atoms with E-state index in [2.05, 4.69) is 29.6 Å². The van der Waals surface area contributed by atoms with Gasteiger partial charge in [-0.05, 0) is 43.2 Å². The highest BCUT2D eigenvalue weighted by Crippen LogP contribution is 2.39. The van der Waals surface area contributed by atoms with Gasteiger partial charge >= 0.3 is 0 Å². The molecule has 24 heavy (non-hydrogen) atoms. The predicted octanol–water partition coefficient (Wildman–Crippen LogP) is 2.92. The molecule has 1 aromatic rings. The highest BCUT2D eigenvalue weighted by Gasteiger charge is 2.26. The molecule has 1 saturated heterocycles. The number of fused-ring (bicyclic) bond motifs is 1. The van der Waals surface area contributed by atoms with Crippen LogP contribution in [0.1, 0.15) is 49.0 Å². The molecule has 0 unspecified atom stereocenters. The summed E-state index contributed by atoms with van der Waals surface area (Å²) in [6.45, 7) is 3.01. The highest BCUT2D eigenvalue weighted by atomic mass is 32.2. The van der Waals surface area contributed by atoms with E-state index < -0.39 is 0 Å². The van der Waals surface area contributed by atoms with Crippen LogP contribution in [0.4, 0.5) is 0 Å². The number of carbonyl (C=O) groups excluding carboxylic acids is 2. The van der Waals surface area contributed by atoms with Crippen molar-refractivity contribution in [1.82, 2.24) is 10.2 Å². The van der Waals surface area contributed by atoms with Crippen LogP contribution >= 0.6 is 11.8 Å². The van der Waals surface area contributed by atoms with E-state index in [4.69, 9.17) is 0 Å². The molecule has 1 aliphatic heterocycles. The van der Waals surface area contributed by atoms with E-state index in [9.17, 15) is 9.59 Å². The quantitative estimate of drug-likeness (QED) is 0.912. The third-order valence-corrected chi connectivity index (χ3v) is 6.21. The van der Waals surface area contributed by atoms with E-state index in [1.807, 2.05) is 4.90 Å². The Morgan fingerprint density at radius 3 is 2.92 bits per heavy atom. The number of likely N-dealkylation sites (tertiary alicyclic amines) is 1. The summed E-state index contributed by atoms with van der Waals surface area (Å²) in [5, 5.41) is 3.39. The molecule has 1 fully saturated rings. The van der Waals surface area contributed by atoms with Crippen LogP contribution < -0.4 is 5.32 Å². The molecular formula is C19H26N2O2S. The third kappa shape index (κ3) is 4.32. The van der Waals surface area contributed by atoms with Crippen LogP contribution in [0.15, 0.2) is 24.3 Å². The maximum absolute atomic E-state index is 12.6. The zero-order valence-corrected chi connectivity index (χ0v) is 15.1. The standard InChI is InChI=1S/C19H26N2O2S/c1-14(22)20-16-8-5-11-21(12-16)19(23)13-24-18-10-4-7-15-6-2-3-9-17(15)18/h2-3,6,9,16,18H,4-5,7-8,10-13H2,1H3,(H,20,22)/t16-,18+/m0/s1. The minimum Gasteiger partial charge on any atom is -0.352 e. The molecule has 2 amide bonds. The Labute approximate surface area is 148 Å². The van der Waals surface area contributed by atoms with Crippen molar-refractivity contribution in [2.45, 2.75) is 50.3 Å². The number of thioether (sulfide) groups is 1. The number of amides is 2. The first-order chi connectivity index (χ1) is 11.6. The van der Waals surface area contributed by atoms with Gasteiger partial charge in [-0.2, -0.15) is 0 Å². The number of carbonyl (C=O) groups is 2. The number of hydrogen-bond acceptors (Lipinski definition) is 3. The van der Waals surface area contributed by atoms with Crippen molar-refractivity contribution >= 4 is 23.6 Å². The molecule has 1 aliphatic carbocycles. The average molecular weight is 346 g/mol. The van der Waals surface area contributed by atoms with Gasteiger partial charge in [0.1, 0.15) is 0 Å². The number of nitrogens with one attached hydrogen (secondary N) is 1. The lowest BCUT2D eigenvalue weighted by Gasteiger charge is -2.33. The second-order valence-corrected chi connectivity index (χ2v) is 7.96. The maximum Gasteiger partial charge on any atom is 0.232 e. The summed E-state index contributed by atoms with van der Waals surface area (Å²) >= 11 is 1.78. The fourth-order valence-corrected chi connectivity index (χ4v) is 5.02. The Balaban J connectivity index is 1.53. The molecule has 1 heterocycles. The first-order valence-corrected chi connectivity index (χ1v) is 9.92. The monoisotopic (exact) mass is 346 g/mol. The van der Waals surface area contributed by atoms with Gasteiger partial charge in [0.05, 0.1) is 5.75 Å². The zero-order chi connectivity index (χ0) is 16.9. The Kier molecular flexibility index (Phi) is 5.82. The van der Waals surface area contributed by atoms with Crippen molar-refractivity contribution in [3.05, 3.63) is 35.4 Å². The van der Waals surface area contributed by atoms with Gasteiger partial charge in [0.25, 0.3) is 0 Å². The lowest BCUT2D eigenvalue weighted by Crippen LogP contribution is -2.49. The summed E-state index contributed by atoms with van der Waals surface area (Å²) in [5.41, 5.74) is 2.86. The van der Waals surface area contributed by atoms with Gasteiger partial charge in [-0.15, -0.1) is 11.8 Å². The van der Waals surface area contributed by atoms with E-state index in [1.165, 1.54) is 24.5 Å².